The van der Waals surface area contributed by atoms with Crippen molar-refractivity contribution in [2.75, 3.05) is 0 Å². The molecule has 2 atom stereocenters. The molecule has 1 aromatic carbocycles. The second-order valence-corrected chi connectivity index (χ2v) is 4.55. The molecule has 2 aromatic rings. The number of aromatic nitrogens is 2. The van der Waals surface area contributed by atoms with Gasteiger partial charge in [0.05, 0.1) is 18.1 Å². The highest BCUT2D eigenvalue weighted by atomic mass is 15.1. The maximum Gasteiger partial charge on any atom is 0.0954 e. The summed E-state index contributed by atoms with van der Waals surface area (Å²) in [5.41, 5.74) is 9.63. The highest BCUT2D eigenvalue weighted by Crippen LogP contribution is 2.24. The lowest BCUT2D eigenvalue weighted by Gasteiger charge is -2.20. The lowest BCUT2D eigenvalue weighted by Crippen LogP contribution is -2.16. The molecule has 2 rings (SSSR count). The molecule has 0 amide bonds. The number of imidazole rings is 1. The van der Waals surface area contributed by atoms with Crippen LogP contribution in [-0.2, 0) is 0 Å². The Morgan fingerprint density at radius 1 is 1.24 bits per heavy atom. The number of hydrogen-bond donors (Lipinski definition) is 1. The van der Waals surface area contributed by atoms with Gasteiger partial charge in [-0.1, -0.05) is 24.3 Å². The minimum atomic E-state index is 0.00367. The Balaban J connectivity index is 2.41. The van der Waals surface area contributed by atoms with E-state index in [2.05, 4.69) is 47.7 Å². The quantitative estimate of drug-likeness (QED) is 0.879. The molecule has 2 unspecified atom stereocenters. The standard InChI is InChI=1S/C14H19N3/c1-10-6-4-5-7-13(10)12(3)17-9-16-8-14(17)11(2)15/h4-9,11-12H,15H2,1-3H3. The van der Waals surface area contributed by atoms with Crippen LogP contribution in [0.1, 0.15) is 42.8 Å². The summed E-state index contributed by atoms with van der Waals surface area (Å²) < 4.78 is 2.15. The van der Waals surface area contributed by atoms with Gasteiger partial charge in [-0.05, 0) is 31.9 Å². The fraction of sp³-hybridized carbons (Fsp3) is 0.357. The fourth-order valence-electron chi connectivity index (χ4n) is 2.20. The molecule has 17 heavy (non-hydrogen) atoms. The predicted octanol–water partition coefficient (Wildman–Crippen LogP) is 2.82. The molecule has 1 aromatic heterocycles. The van der Waals surface area contributed by atoms with Crippen LogP contribution in [0.15, 0.2) is 36.8 Å². The van der Waals surface area contributed by atoms with Crippen LogP contribution in [0.5, 0.6) is 0 Å². The van der Waals surface area contributed by atoms with Gasteiger partial charge in [-0.3, -0.25) is 0 Å². The topological polar surface area (TPSA) is 43.8 Å². The van der Waals surface area contributed by atoms with Crippen LogP contribution in [0.2, 0.25) is 0 Å². The summed E-state index contributed by atoms with van der Waals surface area (Å²) in [6.07, 6.45) is 3.70. The third-order valence-electron chi connectivity index (χ3n) is 3.22. The molecule has 90 valence electrons. The van der Waals surface area contributed by atoms with E-state index in [4.69, 9.17) is 5.73 Å². The summed E-state index contributed by atoms with van der Waals surface area (Å²) in [4.78, 5) is 4.20. The Bertz CT molecular complexity index is 500. The van der Waals surface area contributed by atoms with Crippen molar-refractivity contribution >= 4 is 0 Å². The number of aryl methyl sites for hydroxylation is 1. The van der Waals surface area contributed by atoms with E-state index in [1.165, 1.54) is 11.1 Å². The zero-order chi connectivity index (χ0) is 12.4. The summed E-state index contributed by atoms with van der Waals surface area (Å²) in [7, 11) is 0. The molecule has 0 aliphatic heterocycles. The molecule has 0 bridgehead atoms. The Morgan fingerprint density at radius 3 is 2.59 bits per heavy atom. The molecule has 0 saturated carbocycles. The molecular weight excluding hydrogens is 210 g/mol. The van der Waals surface area contributed by atoms with Crippen LogP contribution in [0.25, 0.3) is 0 Å². The van der Waals surface area contributed by atoms with E-state index in [0.29, 0.717) is 0 Å². The van der Waals surface area contributed by atoms with Crippen LogP contribution in [0.3, 0.4) is 0 Å². The molecule has 3 heteroatoms. The number of nitrogens with two attached hydrogens (primary N) is 1. The molecule has 0 fully saturated rings. The first kappa shape index (κ1) is 11.9. The van der Waals surface area contributed by atoms with Crippen molar-refractivity contribution < 1.29 is 0 Å². The van der Waals surface area contributed by atoms with Crippen molar-refractivity contribution in [2.24, 2.45) is 5.73 Å². The number of nitrogens with zero attached hydrogens (tertiary/aromatic N) is 2. The third kappa shape index (κ3) is 2.24. The predicted molar refractivity (Wildman–Crippen MR) is 69.8 cm³/mol. The summed E-state index contributed by atoms with van der Waals surface area (Å²) in [6, 6.07) is 8.69. The van der Waals surface area contributed by atoms with Crippen molar-refractivity contribution in [3.63, 3.8) is 0 Å². The van der Waals surface area contributed by atoms with Gasteiger partial charge in [-0.25, -0.2) is 4.98 Å². The summed E-state index contributed by atoms with van der Waals surface area (Å²) in [6.45, 7) is 6.29. The first-order valence-electron chi connectivity index (χ1n) is 5.94. The van der Waals surface area contributed by atoms with Crippen LogP contribution in [0, 0.1) is 6.92 Å². The second kappa shape index (κ2) is 4.72. The summed E-state index contributed by atoms with van der Waals surface area (Å²) in [5.74, 6) is 0. The molecule has 0 radical (unpaired) electrons. The highest BCUT2D eigenvalue weighted by Gasteiger charge is 2.14. The summed E-state index contributed by atoms with van der Waals surface area (Å²) in [5, 5.41) is 0. The van der Waals surface area contributed by atoms with Gasteiger partial charge >= 0.3 is 0 Å². The minimum Gasteiger partial charge on any atom is -0.326 e. The lowest BCUT2D eigenvalue weighted by atomic mass is 10.0. The van der Waals surface area contributed by atoms with Gasteiger partial charge in [0.1, 0.15) is 0 Å². The Kier molecular flexibility index (Phi) is 3.29. The summed E-state index contributed by atoms with van der Waals surface area (Å²) >= 11 is 0. The van der Waals surface area contributed by atoms with E-state index in [9.17, 15) is 0 Å². The van der Waals surface area contributed by atoms with Gasteiger partial charge in [-0.2, -0.15) is 0 Å². The van der Waals surface area contributed by atoms with Crippen LogP contribution in [0.4, 0.5) is 0 Å². The minimum absolute atomic E-state index is 0.00367. The van der Waals surface area contributed by atoms with E-state index in [1.807, 2.05) is 19.4 Å². The van der Waals surface area contributed by atoms with Gasteiger partial charge in [0, 0.05) is 12.2 Å². The van der Waals surface area contributed by atoms with E-state index in [0.717, 1.165) is 5.69 Å². The monoisotopic (exact) mass is 229 g/mol. The highest BCUT2D eigenvalue weighted by molar-refractivity contribution is 5.29. The SMILES string of the molecule is Cc1ccccc1C(C)n1cncc1C(C)N. The maximum absolute atomic E-state index is 5.95. The van der Waals surface area contributed by atoms with Crippen LogP contribution in [-0.4, -0.2) is 9.55 Å². The van der Waals surface area contributed by atoms with E-state index >= 15 is 0 Å². The fourth-order valence-corrected chi connectivity index (χ4v) is 2.20. The molecule has 1 heterocycles. The van der Waals surface area contributed by atoms with Crippen LogP contribution >= 0.6 is 0 Å². The molecular formula is C14H19N3. The Morgan fingerprint density at radius 2 is 1.94 bits per heavy atom. The second-order valence-electron chi connectivity index (χ2n) is 4.55. The van der Waals surface area contributed by atoms with Crippen molar-refractivity contribution in [1.29, 1.82) is 0 Å². The molecule has 0 spiro atoms. The largest absolute Gasteiger partial charge is 0.326 e. The smallest absolute Gasteiger partial charge is 0.0954 e. The van der Waals surface area contributed by atoms with E-state index < -0.39 is 0 Å². The van der Waals surface area contributed by atoms with Gasteiger partial charge in [0.25, 0.3) is 0 Å². The van der Waals surface area contributed by atoms with Crippen molar-refractivity contribution in [3.05, 3.63) is 53.6 Å². The number of benzene rings is 1. The molecule has 0 saturated heterocycles. The zero-order valence-corrected chi connectivity index (χ0v) is 10.6. The van der Waals surface area contributed by atoms with E-state index in [1.54, 1.807) is 0 Å². The Labute approximate surface area is 102 Å². The van der Waals surface area contributed by atoms with Crippen molar-refractivity contribution in [2.45, 2.75) is 32.9 Å². The van der Waals surface area contributed by atoms with Crippen molar-refractivity contribution in [3.8, 4) is 0 Å². The lowest BCUT2D eigenvalue weighted by molar-refractivity contribution is 0.580. The molecule has 3 nitrogen and oxygen atoms in total. The maximum atomic E-state index is 5.95. The van der Waals surface area contributed by atoms with Crippen LogP contribution < -0.4 is 5.73 Å². The molecule has 0 aliphatic rings. The van der Waals surface area contributed by atoms with Gasteiger partial charge in [0.15, 0.2) is 0 Å². The van der Waals surface area contributed by atoms with E-state index in [-0.39, 0.29) is 12.1 Å². The normalized spacial score (nSPS) is 14.6. The third-order valence-corrected chi connectivity index (χ3v) is 3.22. The Hall–Kier alpha value is -1.61. The average molecular weight is 229 g/mol. The first-order chi connectivity index (χ1) is 8.11. The number of hydrogen-bond acceptors (Lipinski definition) is 2. The van der Waals surface area contributed by atoms with Gasteiger partial charge in [0.2, 0.25) is 0 Å². The zero-order valence-electron chi connectivity index (χ0n) is 10.6. The van der Waals surface area contributed by atoms with Gasteiger partial charge in [-0.15, -0.1) is 0 Å². The van der Waals surface area contributed by atoms with Crippen molar-refractivity contribution in [1.82, 2.24) is 9.55 Å². The van der Waals surface area contributed by atoms with Gasteiger partial charge < -0.3 is 10.3 Å². The molecule has 0 aliphatic carbocycles. The first-order valence-corrected chi connectivity index (χ1v) is 5.94. The molecule has 2 N–H and O–H groups in total. The number of rotatable bonds is 3. The average Bonchev–Trinajstić information content (AvgIpc) is 2.77.